The van der Waals surface area contributed by atoms with Crippen LogP contribution in [0.3, 0.4) is 0 Å². The molecule has 1 aromatic carbocycles. The summed E-state index contributed by atoms with van der Waals surface area (Å²) in [4.78, 5) is 14.1. The van der Waals surface area contributed by atoms with Crippen molar-refractivity contribution in [1.82, 2.24) is 14.7 Å². The van der Waals surface area contributed by atoms with Crippen LogP contribution in [0.2, 0.25) is 0 Å². The highest BCUT2D eigenvalue weighted by molar-refractivity contribution is 5.75. The molecule has 0 N–H and O–H groups in total. The normalized spacial score (nSPS) is 16.3. The third-order valence-corrected chi connectivity index (χ3v) is 3.58. The Bertz CT molecular complexity index is 627. The molecule has 1 amide bonds. The molecule has 116 valence electrons. The number of rotatable bonds is 5. The Morgan fingerprint density at radius 2 is 2.18 bits per heavy atom. The molecule has 0 saturated heterocycles. The van der Waals surface area contributed by atoms with Crippen molar-refractivity contribution in [3.05, 3.63) is 42.7 Å². The number of para-hydroxylation sites is 2. The number of benzene rings is 1. The lowest BCUT2D eigenvalue weighted by atomic mass is 10.2. The third-order valence-electron chi connectivity index (χ3n) is 3.58. The van der Waals surface area contributed by atoms with Gasteiger partial charge in [0.25, 0.3) is 0 Å². The van der Waals surface area contributed by atoms with Crippen molar-refractivity contribution < 1.29 is 14.3 Å². The minimum absolute atomic E-state index is 0.0219. The number of amides is 1. The lowest BCUT2D eigenvalue weighted by Gasteiger charge is -2.30. The number of carbonyl (C=O) groups is 1. The second-order valence-electron chi connectivity index (χ2n) is 5.13. The Balaban J connectivity index is 1.60. The number of nitrogens with zero attached hydrogens (tertiary/aromatic N) is 3. The van der Waals surface area contributed by atoms with E-state index in [0.717, 1.165) is 11.5 Å². The number of carbonyl (C=O) groups excluding carboxylic acids is 1. The molecule has 6 nitrogen and oxygen atoms in total. The van der Waals surface area contributed by atoms with Gasteiger partial charge in [-0.3, -0.25) is 9.48 Å². The van der Waals surface area contributed by atoms with Gasteiger partial charge in [0.2, 0.25) is 5.91 Å². The molecule has 6 heteroatoms. The Labute approximate surface area is 129 Å². The van der Waals surface area contributed by atoms with Crippen LogP contribution in [-0.4, -0.2) is 46.4 Å². The zero-order valence-electron chi connectivity index (χ0n) is 12.5. The molecule has 2 aromatic rings. The van der Waals surface area contributed by atoms with Gasteiger partial charge in [-0.15, -0.1) is 0 Å². The van der Waals surface area contributed by atoms with E-state index >= 15 is 0 Å². The summed E-state index contributed by atoms with van der Waals surface area (Å²) in [5.74, 6) is 1.51. The first kappa shape index (κ1) is 14.4. The summed E-state index contributed by atoms with van der Waals surface area (Å²) in [6.07, 6.45) is 3.29. The summed E-state index contributed by atoms with van der Waals surface area (Å²) in [5.41, 5.74) is 0. The van der Waals surface area contributed by atoms with Crippen molar-refractivity contribution in [3.63, 3.8) is 0 Å². The maximum atomic E-state index is 12.3. The SMILES string of the molecule is CCN(C[C@@H]1COc2ccccc2O1)C(=O)Cn1cccn1. The van der Waals surface area contributed by atoms with Gasteiger partial charge in [-0.1, -0.05) is 12.1 Å². The minimum Gasteiger partial charge on any atom is -0.486 e. The summed E-state index contributed by atoms with van der Waals surface area (Å²) in [6, 6.07) is 9.38. The Morgan fingerprint density at radius 1 is 1.36 bits per heavy atom. The highest BCUT2D eigenvalue weighted by Gasteiger charge is 2.24. The molecule has 3 rings (SSSR count). The van der Waals surface area contributed by atoms with E-state index in [1.807, 2.05) is 31.2 Å². The van der Waals surface area contributed by atoms with Crippen molar-refractivity contribution >= 4 is 5.91 Å². The fourth-order valence-corrected chi connectivity index (χ4v) is 2.44. The number of fused-ring (bicyclic) bond motifs is 1. The highest BCUT2D eigenvalue weighted by Crippen LogP contribution is 2.30. The van der Waals surface area contributed by atoms with E-state index in [9.17, 15) is 4.79 Å². The average molecular weight is 301 g/mol. The first-order chi connectivity index (χ1) is 10.8. The molecule has 0 radical (unpaired) electrons. The lowest BCUT2D eigenvalue weighted by molar-refractivity contribution is -0.133. The molecule has 22 heavy (non-hydrogen) atoms. The zero-order chi connectivity index (χ0) is 15.4. The van der Waals surface area contributed by atoms with Crippen LogP contribution in [0.15, 0.2) is 42.7 Å². The summed E-state index contributed by atoms with van der Waals surface area (Å²) >= 11 is 0. The molecule has 0 unspecified atom stereocenters. The van der Waals surface area contributed by atoms with Gasteiger partial charge in [-0.25, -0.2) is 0 Å². The molecule has 0 aliphatic carbocycles. The monoisotopic (exact) mass is 301 g/mol. The van der Waals surface area contributed by atoms with Gasteiger partial charge in [-0.2, -0.15) is 5.10 Å². The molecular formula is C16H19N3O3. The third kappa shape index (κ3) is 3.21. The van der Waals surface area contributed by atoms with Gasteiger partial charge >= 0.3 is 0 Å². The molecule has 1 aliphatic rings. The van der Waals surface area contributed by atoms with E-state index in [1.54, 1.807) is 28.0 Å². The van der Waals surface area contributed by atoms with Crippen molar-refractivity contribution in [2.75, 3.05) is 19.7 Å². The molecule has 0 spiro atoms. The fourth-order valence-electron chi connectivity index (χ4n) is 2.44. The van der Waals surface area contributed by atoms with Crippen LogP contribution < -0.4 is 9.47 Å². The van der Waals surface area contributed by atoms with Crippen LogP contribution in [0.25, 0.3) is 0 Å². The molecular weight excluding hydrogens is 282 g/mol. The average Bonchev–Trinajstić information content (AvgIpc) is 3.05. The topological polar surface area (TPSA) is 56.6 Å². The molecule has 0 saturated carbocycles. The Hall–Kier alpha value is -2.50. The van der Waals surface area contributed by atoms with Crippen molar-refractivity contribution in [2.45, 2.75) is 19.6 Å². The van der Waals surface area contributed by atoms with E-state index in [4.69, 9.17) is 9.47 Å². The smallest absolute Gasteiger partial charge is 0.244 e. The number of hydrogen-bond donors (Lipinski definition) is 0. The predicted octanol–water partition coefficient (Wildman–Crippen LogP) is 1.57. The molecule has 0 fully saturated rings. The molecule has 1 aliphatic heterocycles. The van der Waals surface area contributed by atoms with Gasteiger partial charge in [0, 0.05) is 18.9 Å². The number of hydrogen-bond acceptors (Lipinski definition) is 4. The van der Waals surface area contributed by atoms with E-state index in [2.05, 4.69) is 5.10 Å². The fraction of sp³-hybridized carbons (Fsp3) is 0.375. The summed E-state index contributed by atoms with van der Waals surface area (Å²) in [5, 5.41) is 4.06. The van der Waals surface area contributed by atoms with E-state index in [0.29, 0.717) is 19.7 Å². The summed E-state index contributed by atoms with van der Waals surface area (Å²) in [6.45, 7) is 3.78. The predicted molar refractivity (Wildman–Crippen MR) is 80.8 cm³/mol. The van der Waals surface area contributed by atoms with Crippen molar-refractivity contribution in [2.24, 2.45) is 0 Å². The van der Waals surface area contributed by atoms with Crippen molar-refractivity contribution in [3.8, 4) is 11.5 Å². The van der Waals surface area contributed by atoms with Crippen LogP contribution in [-0.2, 0) is 11.3 Å². The second-order valence-corrected chi connectivity index (χ2v) is 5.13. The van der Waals surface area contributed by atoms with Crippen LogP contribution in [0.5, 0.6) is 11.5 Å². The second kappa shape index (κ2) is 6.51. The highest BCUT2D eigenvalue weighted by atomic mass is 16.6. The van der Waals surface area contributed by atoms with Gasteiger partial charge < -0.3 is 14.4 Å². The maximum absolute atomic E-state index is 12.3. The van der Waals surface area contributed by atoms with Crippen LogP contribution >= 0.6 is 0 Å². The van der Waals surface area contributed by atoms with Gasteiger partial charge in [0.1, 0.15) is 13.2 Å². The van der Waals surface area contributed by atoms with Crippen LogP contribution in [0.1, 0.15) is 6.92 Å². The maximum Gasteiger partial charge on any atom is 0.244 e. The summed E-state index contributed by atoms with van der Waals surface area (Å²) in [7, 11) is 0. The first-order valence-electron chi connectivity index (χ1n) is 7.40. The quantitative estimate of drug-likeness (QED) is 0.841. The van der Waals surface area contributed by atoms with Gasteiger partial charge in [-0.05, 0) is 25.1 Å². The first-order valence-corrected chi connectivity index (χ1v) is 7.40. The molecule has 1 aromatic heterocycles. The van der Waals surface area contributed by atoms with Crippen molar-refractivity contribution in [1.29, 1.82) is 0 Å². The van der Waals surface area contributed by atoms with Crippen LogP contribution in [0, 0.1) is 0 Å². The molecule has 1 atom stereocenters. The zero-order valence-corrected chi connectivity index (χ0v) is 12.5. The standard InChI is InChI=1S/C16H19N3O3/c1-2-18(16(20)11-19-9-5-8-17-19)10-13-12-21-14-6-3-4-7-15(14)22-13/h3-9,13H,2,10-12H2,1H3/t13-/m1/s1. The van der Waals surface area contributed by atoms with Gasteiger partial charge in [0.15, 0.2) is 17.6 Å². The van der Waals surface area contributed by atoms with Crippen LogP contribution in [0.4, 0.5) is 0 Å². The Kier molecular flexibility index (Phi) is 4.27. The summed E-state index contributed by atoms with van der Waals surface area (Å²) < 4.78 is 13.2. The van der Waals surface area contributed by atoms with Gasteiger partial charge in [0.05, 0.1) is 6.54 Å². The number of likely N-dealkylation sites (N-methyl/N-ethyl adjacent to an activating group) is 1. The lowest BCUT2D eigenvalue weighted by Crippen LogP contribution is -2.44. The van der Waals surface area contributed by atoms with E-state index < -0.39 is 0 Å². The van der Waals surface area contributed by atoms with E-state index in [-0.39, 0.29) is 18.6 Å². The van der Waals surface area contributed by atoms with E-state index in [1.165, 1.54) is 0 Å². The number of aromatic nitrogens is 2. The molecule has 0 bridgehead atoms. The molecule has 2 heterocycles. The minimum atomic E-state index is -0.156. The Morgan fingerprint density at radius 3 is 2.91 bits per heavy atom. The number of ether oxygens (including phenoxy) is 2. The largest absolute Gasteiger partial charge is 0.486 e.